The Hall–Kier alpha value is -3.69. The minimum absolute atomic E-state index is 0.0527. The number of halogens is 6. The van der Waals surface area contributed by atoms with E-state index in [2.05, 4.69) is 5.32 Å². The number of carboxylic acid groups (broad SMARTS) is 1. The highest BCUT2D eigenvalue weighted by Crippen LogP contribution is 2.41. The van der Waals surface area contributed by atoms with E-state index in [1.165, 1.54) is 46.7 Å². The number of alkyl halides is 6. The van der Waals surface area contributed by atoms with E-state index in [-0.39, 0.29) is 32.0 Å². The lowest BCUT2D eigenvalue weighted by Crippen LogP contribution is -2.29. The molecule has 0 bridgehead atoms. The van der Waals surface area contributed by atoms with Crippen LogP contribution in [0.5, 0.6) is 0 Å². The molecule has 0 saturated carbocycles. The van der Waals surface area contributed by atoms with Crippen LogP contribution >= 0.6 is 35.3 Å². The van der Waals surface area contributed by atoms with Crippen molar-refractivity contribution in [2.45, 2.75) is 12.4 Å². The molecule has 40 heavy (non-hydrogen) atoms. The number of hydrogen-bond acceptors (Lipinski definition) is 6. The Morgan fingerprint density at radius 1 is 0.950 bits per heavy atom. The standard InChI is InChI=1S/C25H14F6N2O4S3/c26-24(27,28)15-5-13(6-16(8-15)25(29,30)31)14-7-18(39-11-14)9-19-22(37)33(23(38)40-19)17-3-1-12(2-4-17)21(36)32-10-20(34)35/h1-9,11H,10H2,(H,32,36)(H,34,35). The van der Waals surface area contributed by atoms with Crippen LogP contribution in [0.3, 0.4) is 0 Å². The molecule has 1 aliphatic rings. The second-order valence-electron chi connectivity index (χ2n) is 8.17. The number of nitrogens with one attached hydrogen (secondary N) is 1. The molecule has 1 aliphatic heterocycles. The van der Waals surface area contributed by atoms with Crippen LogP contribution in [-0.2, 0) is 21.9 Å². The number of hydrogen-bond donors (Lipinski definition) is 2. The first-order valence-corrected chi connectivity index (χ1v) is 13.0. The Bertz CT molecular complexity index is 1510. The van der Waals surface area contributed by atoms with Gasteiger partial charge in [0.2, 0.25) is 0 Å². The molecule has 0 aliphatic carbocycles. The van der Waals surface area contributed by atoms with Crippen molar-refractivity contribution in [1.82, 2.24) is 5.32 Å². The van der Waals surface area contributed by atoms with E-state index >= 15 is 0 Å². The number of aliphatic carboxylic acids is 1. The van der Waals surface area contributed by atoms with Crippen molar-refractivity contribution in [2.24, 2.45) is 0 Å². The molecule has 3 aromatic rings. The molecule has 0 unspecified atom stereocenters. The van der Waals surface area contributed by atoms with Crippen LogP contribution in [0.2, 0.25) is 0 Å². The number of carbonyl (C=O) groups is 3. The first kappa shape index (κ1) is 29.3. The van der Waals surface area contributed by atoms with Gasteiger partial charge < -0.3 is 10.4 Å². The normalized spacial score (nSPS) is 15.2. The molecule has 0 atom stereocenters. The first-order chi connectivity index (χ1) is 18.6. The predicted molar refractivity (Wildman–Crippen MR) is 142 cm³/mol. The second kappa shape index (κ2) is 11.1. The highest BCUT2D eigenvalue weighted by atomic mass is 32.2. The average Bonchev–Trinajstić information content (AvgIpc) is 3.45. The van der Waals surface area contributed by atoms with Gasteiger partial charge in [-0.25, -0.2) is 0 Å². The second-order valence-corrected chi connectivity index (χ2v) is 10.8. The number of thiophene rings is 1. The summed E-state index contributed by atoms with van der Waals surface area (Å²) in [5.74, 6) is -2.37. The van der Waals surface area contributed by atoms with Gasteiger partial charge in [-0.1, -0.05) is 24.0 Å². The van der Waals surface area contributed by atoms with Crippen LogP contribution in [0.15, 0.2) is 58.8 Å². The van der Waals surface area contributed by atoms with Crippen LogP contribution in [-0.4, -0.2) is 33.8 Å². The monoisotopic (exact) mass is 616 g/mol. The van der Waals surface area contributed by atoms with E-state index in [1.54, 1.807) is 0 Å². The van der Waals surface area contributed by atoms with Gasteiger partial charge in [-0.15, -0.1) is 11.3 Å². The van der Waals surface area contributed by atoms with Crippen LogP contribution in [0.1, 0.15) is 26.4 Å². The minimum atomic E-state index is -4.98. The summed E-state index contributed by atoms with van der Waals surface area (Å²) < 4.78 is 79.6. The number of thioether (sulfide) groups is 1. The van der Waals surface area contributed by atoms with Crippen molar-refractivity contribution < 1.29 is 45.8 Å². The fraction of sp³-hybridized carbons (Fsp3) is 0.120. The summed E-state index contributed by atoms with van der Waals surface area (Å²) in [6, 6.07) is 8.33. The van der Waals surface area contributed by atoms with Crippen LogP contribution in [0.25, 0.3) is 17.2 Å². The van der Waals surface area contributed by atoms with Gasteiger partial charge in [-0.2, -0.15) is 26.3 Å². The van der Waals surface area contributed by atoms with Crippen molar-refractivity contribution in [3.8, 4) is 11.1 Å². The molecule has 0 spiro atoms. The third-order valence-electron chi connectivity index (χ3n) is 5.40. The van der Waals surface area contributed by atoms with Crippen molar-refractivity contribution in [1.29, 1.82) is 0 Å². The smallest absolute Gasteiger partial charge is 0.416 e. The van der Waals surface area contributed by atoms with Gasteiger partial charge in [0.1, 0.15) is 6.54 Å². The summed E-state index contributed by atoms with van der Waals surface area (Å²) in [6.45, 7) is -0.568. The predicted octanol–water partition coefficient (Wildman–Crippen LogP) is 6.67. The number of carbonyl (C=O) groups excluding carboxylic acids is 2. The zero-order valence-corrected chi connectivity index (χ0v) is 22.0. The summed E-state index contributed by atoms with van der Waals surface area (Å²) in [4.78, 5) is 37.4. The molecular weight excluding hydrogens is 602 g/mol. The maximum absolute atomic E-state index is 13.2. The largest absolute Gasteiger partial charge is 0.480 e. The van der Waals surface area contributed by atoms with E-state index in [0.29, 0.717) is 22.7 Å². The van der Waals surface area contributed by atoms with Crippen LogP contribution < -0.4 is 10.2 Å². The minimum Gasteiger partial charge on any atom is -0.480 e. The quantitative estimate of drug-likeness (QED) is 0.183. The molecule has 1 saturated heterocycles. The van der Waals surface area contributed by atoms with Gasteiger partial charge in [-0.3, -0.25) is 19.3 Å². The zero-order chi connectivity index (χ0) is 29.4. The molecule has 1 fully saturated rings. The van der Waals surface area contributed by atoms with Crippen molar-refractivity contribution >= 4 is 69.2 Å². The lowest BCUT2D eigenvalue weighted by Gasteiger charge is -2.14. The summed E-state index contributed by atoms with van der Waals surface area (Å²) in [5, 5.41) is 12.3. The van der Waals surface area contributed by atoms with Gasteiger partial charge in [0.25, 0.3) is 11.8 Å². The number of rotatable bonds is 6. The highest BCUT2D eigenvalue weighted by molar-refractivity contribution is 8.27. The average molecular weight is 617 g/mol. The molecule has 15 heteroatoms. The van der Waals surface area contributed by atoms with E-state index in [4.69, 9.17) is 17.3 Å². The summed E-state index contributed by atoms with van der Waals surface area (Å²) in [6.07, 6.45) is -8.54. The maximum Gasteiger partial charge on any atom is 0.416 e. The van der Waals surface area contributed by atoms with Gasteiger partial charge in [0.15, 0.2) is 4.32 Å². The molecule has 6 nitrogen and oxygen atoms in total. The first-order valence-electron chi connectivity index (χ1n) is 10.9. The van der Waals surface area contributed by atoms with Gasteiger partial charge in [-0.05, 0) is 71.1 Å². The fourth-order valence-electron chi connectivity index (χ4n) is 3.54. The Balaban J connectivity index is 1.57. The van der Waals surface area contributed by atoms with E-state index < -0.39 is 47.8 Å². The summed E-state index contributed by atoms with van der Waals surface area (Å²) in [5.41, 5.74) is -2.55. The Morgan fingerprint density at radius 2 is 1.55 bits per heavy atom. The van der Waals surface area contributed by atoms with Crippen molar-refractivity contribution in [2.75, 3.05) is 11.4 Å². The molecule has 208 valence electrons. The lowest BCUT2D eigenvalue weighted by molar-refractivity contribution is -0.143. The number of benzene rings is 2. The third kappa shape index (κ3) is 6.54. The number of carboxylic acids is 1. The molecule has 0 radical (unpaired) electrons. The molecule has 2 amide bonds. The van der Waals surface area contributed by atoms with Crippen molar-refractivity contribution in [3.63, 3.8) is 0 Å². The SMILES string of the molecule is O=C(O)CNC(=O)c1ccc(N2C(=O)C(=Cc3cc(-c4cc(C(F)(F)F)cc(C(F)(F)F)c4)cs3)SC2=S)cc1. The lowest BCUT2D eigenvalue weighted by atomic mass is 10.0. The van der Waals surface area contributed by atoms with Gasteiger partial charge in [0, 0.05) is 10.4 Å². The maximum atomic E-state index is 13.2. The molecular formula is C25H14F6N2O4S3. The zero-order valence-electron chi connectivity index (χ0n) is 19.6. The third-order valence-corrected chi connectivity index (χ3v) is 7.58. The highest BCUT2D eigenvalue weighted by Gasteiger charge is 2.37. The Kier molecular flexibility index (Phi) is 8.10. The number of amides is 2. The number of anilines is 1. The Morgan fingerprint density at radius 3 is 2.10 bits per heavy atom. The van der Waals surface area contributed by atoms with E-state index in [0.717, 1.165) is 23.1 Å². The topological polar surface area (TPSA) is 86.7 Å². The van der Waals surface area contributed by atoms with Gasteiger partial charge in [0.05, 0.1) is 21.7 Å². The van der Waals surface area contributed by atoms with Crippen molar-refractivity contribution in [3.05, 3.63) is 80.4 Å². The molecule has 2 N–H and O–H groups in total. The van der Waals surface area contributed by atoms with Crippen LogP contribution in [0, 0.1) is 0 Å². The van der Waals surface area contributed by atoms with E-state index in [1.807, 2.05) is 0 Å². The molecule has 4 rings (SSSR count). The summed E-state index contributed by atoms with van der Waals surface area (Å²) >= 11 is 7.26. The van der Waals surface area contributed by atoms with Gasteiger partial charge >= 0.3 is 18.3 Å². The molecule has 1 aromatic heterocycles. The van der Waals surface area contributed by atoms with E-state index in [9.17, 15) is 40.7 Å². The molecule has 2 aromatic carbocycles. The summed E-state index contributed by atoms with van der Waals surface area (Å²) in [7, 11) is 0. The molecule has 2 heterocycles. The number of nitrogens with zero attached hydrogens (tertiary/aromatic N) is 1. The number of thiocarbonyl (C=S) groups is 1. The fourth-order valence-corrected chi connectivity index (χ4v) is 5.75. The van der Waals surface area contributed by atoms with Crippen LogP contribution in [0.4, 0.5) is 32.0 Å². The Labute approximate surface area is 235 Å².